The first-order chi connectivity index (χ1) is 14.7. The van der Waals surface area contributed by atoms with Crippen LogP contribution in [0.1, 0.15) is 25.3 Å². The number of carbonyl (C=O) groups excluding carboxylic acids is 1. The molecule has 1 N–H and O–H groups in total. The molecular weight excluding hydrogens is 376 g/mol. The van der Waals surface area contributed by atoms with E-state index in [1.54, 1.807) is 31.4 Å². The molecule has 0 spiro atoms. The number of hydrogen-bond acceptors (Lipinski definition) is 4. The minimum Gasteiger partial charge on any atom is -0.493 e. The van der Waals surface area contributed by atoms with Crippen molar-refractivity contribution >= 4 is 28.4 Å². The number of anilines is 1. The van der Waals surface area contributed by atoms with Crippen molar-refractivity contribution in [3.8, 4) is 17.6 Å². The number of methoxy groups -OCH3 is 1. The summed E-state index contributed by atoms with van der Waals surface area (Å²) in [6.45, 7) is 2.71. The molecule has 0 radical (unpaired) electrons. The molecule has 5 nitrogen and oxygen atoms in total. The van der Waals surface area contributed by atoms with Crippen LogP contribution in [0.5, 0.6) is 11.5 Å². The zero-order valence-corrected chi connectivity index (χ0v) is 17.1. The number of hydrogen-bond donors (Lipinski definition) is 1. The lowest BCUT2D eigenvalue weighted by molar-refractivity contribution is -0.112. The van der Waals surface area contributed by atoms with Gasteiger partial charge in [0, 0.05) is 11.1 Å². The highest BCUT2D eigenvalue weighted by molar-refractivity contribution is 6.12. The van der Waals surface area contributed by atoms with Crippen LogP contribution >= 0.6 is 0 Å². The molecule has 0 heterocycles. The van der Waals surface area contributed by atoms with Gasteiger partial charge < -0.3 is 14.8 Å². The van der Waals surface area contributed by atoms with Crippen LogP contribution in [0.2, 0.25) is 0 Å². The van der Waals surface area contributed by atoms with E-state index in [2.05, 4.69) is 12.2 Å². The first-order valence-electron chi connectivity index (χ1n) is 9.88. The maximum absolute atomic E-state index is 12.7. The van der Waals surface area contributed by atoms with Gasteiger partial charge in [0.15, 0.2) is 11.5 Å². The minimum absolute atomic E-state index is 0.00429. The van der Waals surface area contributed by atoms with Crippen molar-refractivity contribution in [2.75, 3.05) is 19.0 Å². The lowest BCUT2D eigenvalue weighted by Gasteiger charge is -2.11. The fourth-order valence-corrected chi connectivity index (χ4v) is 3.06. The van der Waals surface area contributed by atoms with E-state index in [1.807, 2.05) is 48.5 Å². The summed E-state index contributed by atoms with van der Waals surface area (Å²) in [6.07, 6.45) is 3.54. The van der Waals surface area contributed by atoms with Gasteiger partial charge in [0.1, 0.15) is 11.6 Å². The Morgan fingerprint density at radius 3 is 2.67 bits per heavy atom. The monoisotopic (exact) mass is 400 g/mol. The molecule has 0 saturated carbocycles. The third-order valence-electron chi connectivity index (χ3n) is 4.66. The normalized spacial score (nSPS) is 11.0. The van der Waals surface area contributed by atoms with Crippen molar-refractivity contribution < 1.29 is 14.3 Å². The molecule has 5 heteroatoms. The van der Waals surface area contributed by atoms with Crippen molar-refractivity contribution in [3.63, 3.8) is 0 Å². The van der Waals surface area contributed by atoms with Crippen LogP contribution in [-0.4, -0.2) is 19.6 Å². The molecule has 0 saturated heterocycles. The molecule has 0 atom stereocenters. The number of nitriles is 1. The number of carbonyl (C=O) groups is 1. The van der Waals surface area contributed by atoms with Gasteiger partial charge in [-0.15, -0.1) is 0 Å². The number of rotatable bonds is 8. The fourth-order valence-electron chi connectivity index (χ4n) is 3.06. The average Bonchev–Trinajstić information content (AvgIpc) is 2.78. The van der Waals surface area contributed by atoms with E-state index in [9.17, 15) is 10.1 Å². The molecule has 0 aliphatic heterocycles. The Bertz CT molecular complexity index is 1110. The van der Waals surface area contributed by atoms with E-state index < -0.39 is 5.91 Å². The fraction of sp³-hybridized carbons (Fsp3) is 0.200. The van der Waals surface area contributed by atoms with Crippen molar-refractivity contribution in [1.82, 2.24) is 0 Å². The molecule has 0 aliphatic carbocycles. The van der Waals surface area contributed by atoms with E-state index in [0.717, 1.165) is 23.6 Å². The van der Waals surface area contributed by atoms with E-state index in [-0.39, 0.29) is 5.57 Å². The third-order valence-corrected chi connectivity index (χ3v) is 4.66. The number of amides is 1. The molecule has 0 aliphatic rings. The molecule has 0 aromatic heterocycles. The first-order valence-corrected chi connectivity index (χ1v) is 9.88. The second-order valence-corrected chi connectivity index (χ2v) is 6.76. The Kier molecular flexibility index (Phi) is 7.07. The zero-order valence-electron chi connectivity index (χ0n) is 17.1. The molecule has 30 heavy (non-hydrogen) atoms. The van der Waals surface area contributed by atoms with Crippen LogP contribution in [0.15, 0.2) is 66.2 Å². The van der Waals surface area contributed by atoms with Crippen molar-refractivity contribution in [2.24, 2.45) is 0 Å². The van der Waals surface area contributed by atoms with Crippen molar-refractivity contribution in [1.29, 1.82) is 5.26 Å². The third kappa shape index (κ3) is 4.98. The van der Waals surface area contributed by atoms with Crippen LogP contribution in [0.4, 0.5) is 5.69 Å². The highest BCUT2D eigenvalue weighted by Crippen LogP contribution is 2.29. The number of unbranched alkanes of at least 4 members (excludes halogenated alkanes) is 1. The summed E-state index contributed by atoms with van der Waals surface area (Å²) in [6, 6.07) is 20.8. The maximum atomic E-state index is 12.7. The highest BCUT2D eigenvalue weighted by Gasteiger charge is 2.12. The van der Waals surface area contributed by atoms with E-state index in [1.165, 1.54) is 0 Å². The SMILES string of the molecule is CCCCOc1ccc(/C=C(/C#N)C(=O)Nc2cccc3ccccc23)cc1OC. The number of ether oxygens (including phenoxy) is 2. The van der Waals surface area contributed by atoms with Crippen LogP contribution in [-0.2, 0) is 4.79 Å². The van der Waals surface area contributed by atoms with E-state index >= 15 is 0 Å². The van der Waals surface area contributed by atoms with E-state index in [4.69, 9.17) is 9.47 Å². The molecular formula is C25H24N2O3. The van der Waals surface area contributed by atoms with Crippen LogP contribution in [0.25, 0.3) is 16.8 Å². The van der Waals surface area contributed by atoms with Crippen LogP contribution < -0.4 is 14.8 Å². The molecule has 1 amide bonds. The van der Waals surface area contributed by atoms with Gasteiger partial charge in [0.2, 0.25) is 0 Å². The van der Waals surface area contributed by atoms with Gasteiger partial charge in [-0.3, -0.25) is 4.79 Å². The lowest BCUT2D eigenvalue weighted by atomic mass is 10.1. The summed E-state index contributed by atoms with van der Waals surface area (Å²) in [5.74, 6) is 0.740. The number of benzene rings is 3. The highest BCUT2D eigenvalue weighted by atomic mass is 16.5. The van der Waals surface area contributed by atoms with Gasteiger partial charge in [0.25, 0.3) is 5.91 Å². The summed E-state index contributed by atoms with van der Waals surface area (Å²) in [7, 11) is 1.56. The Morgan fingerprint density at radius 1 is 1.10 bits per heavy atom. The molecule has 152 valence electrons. The predicted molar refractivity (Wildman–Crippen MR) is 120 cm³/mol. The van der Waals surface area contributed by atoms with Gasteiger partial charge >= 0.3 is 0 Å². The summed E-state index contributed by atoms with van der Waals surface area (Å²) in [5.41, 5.74) is 1.35. The largest absolute Gasteiger partial charge is 0.493 e. The maximum Gasteiger partial charge on any atom is 0.266 e. The Balaban J connectivity index is 1.82. The van der Waals surface area contributed by atoms with Gasteiger partial charge in [0.05, 0.1) is 13.7 Å². The summed E-state index contributed by atoms with van der Waals surface area (Å²) in [5, 5.41) is 14.3. The minimum atomic E-state index is -0.462. The molecule has 0 bridgehead atoms. The van der Waals surface area contributed by atoms with Crippen LogP contribution in [0, 0.1) is 11.3 Å². The van der Waals surface area contributed by atoms with Crippen molar-refractivity contribution in [3.05, 3.63) is 71.8 Å². The summed E-state index contributed by atoms with van der Waals surface area (Å²) >= 11 is 0. The molecule has 0 fully saturated rings. The Morgan fingerprint density at radius 2 is 1.90 bits per heavy atom. The average molecular weight is 400 g/mol. The molecule has 3 aromatic carbocycles. The number of nitrogens with one attached hydrogen (secondary N) is 1. The zero-order chi connectivity index (χ0) is 21.3. The van der Waals surface area contributed by atoms with Gasteiger partial charge in [-0.05, 0) is 41.6 Å². The summed E-state index contributed by atoms with van der Waals surface area (Å²) < 4.78 is 11.1. The predicted octanol–water partition coefficient (Wildman–Crippen LogP) is 5.57. The smallest absolute Gasteiger partial charge is 0.266 e. The number of fused-ring (bicyclic) bond motifs is 1. The summed E-state index contributed by atoms with van der Waals surface area (Å²) in [4.78, 5) is 12.7. The first kappa shape index (κ1) is 20.9. The Hall–Kier alpha value is -3.78. The molecule has 3 aromatic rings. The topological polar surface area (TPSA) is 71.3 Å². The van der Waals surface area contributed by atoms with Gasteiger partial charge in [-0.2, -0.15) is 5.26 Å². The van der Waals surface area contributed by atoms with Crippen LogP contribution in [0.3, 0.4) is 0 Å². The molecule has 3 rings (SSSR count). The van der Waals surface area contributed by atoms with Gasteiger partial charge in [-0.1, -0.05) is 55.8 Å². The van der Waals surface area contributed by atoms with E-state index in [0.29, 0.717) is 29.4 Å². The molecule has 0 unspecified atom stereocenters. The second kappa shape index (κ2) is 10.1. The number of nitrogens with zero attached hydrogens (tertiary/aromatic N) is 1. The Labute approximate surface area is 176 Å². The lowest BCUT2D eigenvalue weighted by Crippen LogP contribution is -2.13. The van der Waals surface area contributed by atoms with Gasteiger partial charge in [-0.25, -0.2) is 0 Å². The standard InChI is InChI=1S/C25H24N2O3/c1-3-4-14-30-23-13-12-18(16-24(23)29-2)15-20(17-26)25(28)27-22-11-7-9-19-8-5-6-10-21(19)22/h5-13,15-16H,3-4,14H2,1-2H3,(H,27,28)/b20-15-. The second-order valence-electron chi connectivity index (χ2n) is 6.76. The quantitative estimate of drug-likeness (QED) is 0.305. The van der Waals surface area contributed by atoms with Crippen molar-refractivity contribution in [2.45, 2.75) is 19.8 Å².